The summed E-state index contributed by atoms with van der Waals surface area (Å²) in [5, 5.41) is 26.1. The number of carbonyl (C=O) groups excluding carboxylic acids is 4. The molecule has 14 heteroatoms. The highest BCUT2D eigenvalue weighted by Crippen LogP contribution is 2.55. The minimum Gasteiger partial charge on any atom is -0.550 e. The number of likely N-dealkylation sites (tertiary alicyclic amines) is 2. The number of piperazine rings is 3. The fourth-order valence-electron chi connectivity index (χ4n) is 12.9. The monoisotopic (exact) mass is 1150 g/mol. The molecule has 0 spiro atoms. The Bertz CT molecular complexity index is 2430. The van der Waals surface area contributed by atoms with Crippen molar-refractivity contribution in [2.75, 3.05) is 39.3 Å². The van der Waals surface area contributed by atoms with Gasteiger partial charge in [0.05, 0.1) is 22.9 Å². The molecule has 5 aliphatic rings. The van der Waals surface area contributed by atoms with Crippen molar-refractivity contribution >= 4 is 70.2 Å². The standard InChI is InChI=1S/2C29H37Cl2NO3.C6H12N2/c2*1-18(2)9-14-25(19(3)4)32-27(20-10-12-22(30)13-11-20)24(21-7-6-8-23(31)15-21)16-29(5,28(32)35)17-26(33)34;1-2-8-5-3-7(1)4-6-8/h2*6-8,10-13,15,18-19,24-25,27H,9,14,16-17H2,1-5H3,(H,33,34);1-6H2/t2*24-,25-,27-,29-;/m11./s1. The fraction of sp³-hybridized carbons (Fsp3) is 0.562. The molecule has 2 amide bonds. The van der Waals surface area contributed by atoms with Crippen molar-refractivity contribution < 1.29 is 39.2 Å². The third-order valence-electron chi connectivity index (χ3n) is 17.1. The summed E-state index contributed by atoms with van der Waals surface area (Å²) in [6, 6.07) is 30.0. The van der Waals surface area contributed by atoms with E-state index in [-0.39, 0.29) is 72.5 Å². The van der Waals surface area contributed by atoms with Crippen molar-refractivity contribution in [3.8, 4) is 0 Å². The third kappa shape index (κ3) is 16.3. The van der Waals surface area contributed by atoms with Crippen LogP contribution in [-0.4, -0.2) is 84.9 Å². The number of carboxylic acid groups (broad SMARTS) is 2. The first-order valence-corrected chi connectivity index (χ1v) is 30.1. The summed E-state index contributed by atoms with van der Waals surface area (Å²) < 4.78 is 0. The van der Waals surface area contributed by atoms with Crippen molar-refractivity contribution in [1.82, 2.24) is 9.80 Å². The van der Waals surface area contributed by atoms with Crippen molar-refractivity contribution in [2.24, 2.45) is 34.5 Å². The molecule has 426 valence electrons. The number of carboxylic acids is 2. The maximum Gasteiger partial charge on any atom is 0.229 e. The lowest BCUT2D eigenvalue weighted by molar-refractivity contribution is -1.06. The largest absolute Gasteiger partial charge is 0.550 e. The van der Waals surface area contributed by atoms with E-state index in [2.05, 4.69) is 55.4 Å². The first-order valence-electron chi connectivity index (χ1n) is 28.5. The van der Waals surface area contributed by atoms with Crippen LogP contribution < -0.4 is 20.0 Å². The number of carbonyl (C=O) groups is 4. The van der Waals surface area contributed by atoms with E-state index in [1.807, 2.05) is 117 Å². The van der Waals surface area contributed by atoms with Gasteiger partial charge in [-0.15, -0.1) is 0 Å². The van der Waals surface area contributed by atoms with Crippen molar-refractivity contribution in [3.63, 3.8) is 0 Å². The van der Waals surface area contributed by atoms with Gasteiger partial charge in [0.1, 0.15) is 39.3 Å². The van der Waals surface area contributed by atoms with Crippen LogP contribution in [0.5, 0.6) is 0 Å². The molecule has 0 aliphatic carbocycles. The number of hydrogen-bond donors (Lipinski definition) is 2. The number of aliphatic carboxylic acids is 2. The summed E-state index contributed by atoms with van der Waals surface area (Å²) in [7, 11) is 0. The van der Waals surface area contributed by atoms with Crippen molar-refractivity contribution in [2.45, 2.75) is 157 Å². The Morgan fingerprint density at radius 1 is 0.500 bits per heavy atom. The SMILES string of the molecule is C1C[NH+]2CC[NH+]1CC2.CC(C)CC[C@H](C(C)C)N1C(=O)[C@@](C)(CC(=O)[O-])C[C@H](c2cccc(Cl)c2)[C@H]1c1ccc(Cl)cc1.CC(C)CC[C@H](C(C)C)N1C(=O)[C@@](C)(CC(=O)[O-])C[C@H](c2cccc(Cl)c2)[C@H]1c1ccc(Cl)cc1. The molecule has 2 N–H and O–H groups in total. The van der Waals surface area contributed by atoms with E-state index >= 15 is 0 Å². The average Bonchev–Trinajstić information content (AvgIpc) is 3.53. The van der Waals surface area contributed by atoms with Gasteiger partial charge in [0.25, 0.3) is 0 Å². The first-order chi connectivity index (χ1) is 36.8. The molecule has 4 aromatic rings. The van der Waals surface area contributed by atoms with Crippen LogP contribution in [0, 0.1) is 34.5 Å². The smallest absolute Gasteiger partial charge is 0.229 e. The Kier molecular flexibility index (Phi) is 22.6. The average molecular weight is 1150 g/mol. The third-order valence-corrected chi connectivity index (χ3v) is 18.1. The molecule has 0 saturated carbocycles. The topological polar surface area (TPSA) is 130 Å². The van der Waals surface area contributed by atoms with Crippen LogP contribution in [0.15, 0.2) is 97.1 Å². The zero-order valence-electron chi connectivity index (χ0n) is 47.8. The Hall–Kier alpha value is -4.16. The molecule has 0 radical (unpaired) electrons. The molecular weight excluding hydrogens is 1060 g/mol. The number of piperidine rings is 2. The van der Waals surface area contributed by atoms with Crippen molar-refractivity contribution in [3.05, 3.63) is 139 Å². The number of nitrogens with one attached hydrogen (secondary N) is 2. The lowest BCUT2D eigenvalue weighted by Crippen LogP contribution is -3.35. The number of rotatable bonds is 18. The van der Waals surface area contributed by atoms with E-state index < -0.39 is 22.8 Å². The molecule has 0 aromatic heterocycles. The Labute approximate surface area is 486 Å². The molecule has 9 rings (SSSR count). The minimum absolute atomic E-state index is 0.0476. The quantitative estimate of drug-likeness (QED) is 0.102. The molecule has 5 saturated heterocycles. The summed E-state index contributed by atoms with van der Waals surface area (Å²) in [5.41, 5.74) is 1.79. The normalized spacial score (nSPS) is 25.9. The second kappa shape index (κ2) is 28.0. The molecule has 5 aliphatic heterocycles. The van der Waals surface area contributed by atoms with Crippen LogP contribution in [0.1, 0.15) is 167 Å². The van der Waals surface area contributed by atoms with Gasteiger partial charge >= 0.3 is 0 Å². The molecular formula is C64H86Cl4N4O6. The zero-order chi connectivity index (χ0) is 57.2. The van der Waals surface area contributed by atoms with Crippen LogP contribution in [0.2, 0.25) is 20.1 Å². The fourth-order valence-corrected chi connectivity index (χ4v) is 13.5. The molecule has 78 heavy (non-hydrogen) atoms. The molecule has 2 bridgehead atoms. The van der Waals surface area contributed by atoms with Gasteiger partial charge in [0, 0.05) is 68.8 Å². The summed E-state index contributed by atoms with van der Waals surface area (Å²) in [4.78, 5) is 59.8. The first kappa shape index (κ1) is 63.0. The number of nitrogens with zero attached hydrogens (tertiary/aromatic N) is 2. The van der Waals surface area contributed by atoms with Gasteiger partial charge in [-0.3, -0.25) is 9.59 Å². The molecule has 5 fully saturated rings. The predicted molar refractivity (Wildman–Crippen MR) is 312 cm³/mol. The van der Waals surface area contributed by atoms with Crippen LogP contribution in [0.3, 0.4) is 0 Å². The molecule has 8 atom stereocenters. The number of hydrogen-bond acceptors (Lipinski definition) is 6. The summed E-state index contributed by atoms with van der Waals surface area (Å²) in [6.07, 6.45) is 3.77. The van der Waals surface area contributed by atoms with E-state index in [1.165, 1.54) is 39.3 Å². The number of halogens is 4. The summed E-state index contributed by atoms with van der Waals surface area (Å²) in [6.45, 7) is 29.4. The number of benzene rings is 4. The van der Waals surface area contributed by atoms with Gasteiger partial charge < -0.3 is 39.4 Å². The highest BCUT2D eigenvalue weighted by Gasteiger charge is 2.53. The zero-order valence-corrected chi connectivity index (χ0v) is 50.8. The maximum absolute atomic E-state index is 14.3. The van der Waals surface area contributed by atoms with Crippen LogP contribution in [0.25, 0.3) is 0 Å². The highest BCUT2D eigenvalue weighted by molar-refractivity contribution is 6.31. The maximum atomic E-state index is 14.3. The molecule has 4 aromatic carbocycles. The van der Waals surface area contributed by atoms with Gasteiger partial charge in [-0.05, 0) is 133 Å². The van der Waals surface area contributed by atoms with Gasteiger partial charge in [-0.2, -0.15) is 0 Å². The van der Waals surface area contributed by atoms with Crippen LogP contribution in [0.4, 0.5) is 0 Å². The second-order valence-electron chi connectivity index (χ2n) is 24.9. The van der Waals surface area contributed by atoms with Gasteiger partial charge in [0.15, 0.2) is 0 Å². The minimum atomic E-state index is -1.21. The van der Waals surface area contributed by atoms with E-state index in [4.69, 9.17) is 46.4 Å². The van der Waals surface area contributed by atoms with E-state index in [1.54, 1.807) is 13.8 Å². The summed E-state index contributed by atoms with van der Waals surface area (Å²) in [5.74, 6) is -1.58. The Balaban J connectivity index is 0.000000219. The lowest BCUT2D eigenvalue weighted by atomic mass is 9.66. The van der Waals surface area contributed by atoms with Gasteiger partial charge in [-0.25, -0.2) is 0 Å². The Morgan fingerprint density at radius 2 is 0.821 bits per heavy atom. The van der Waals surface area contributed by atoms with E-state index in [0.717, 1.165) is 47.9 Å². The molecule has 5 heterocycles. The van der Waals surface area contributed by atoms with Gasteiger partial charge in [0.2, 0.25) is 11.8 Å². The molecule has 0 unspecified atom stereocenters. The van der Waals surface area contributed by atoms with Gasteiger partial charge in [-0.1, -0.05) is 164 Å². The van der Waals surface area contributed by atoms with Crippen LogP contribution >= 0.6 is 46.4 Å². The van der Waals surface area contributed by atoms with Crippen molar-refractivity contribution in [1.29, 1.82) is 0 Å². The van der Waals surface area contributed by atoms with E-state index in [0.29, 0.717) is 44.8 Å². The highest BCUT2D eigenvalue weighted by atomic mass is 35.5. The number of fused-ring (bicyclic) bond motifs is 3. The molecule has 10 nitrogen and oxygen atoms in total. The predicted octanol–water partition coefficient (Wildman–Crippen LogP) is 10.1. The van der Waals surface area contributed by atoms with Crippen LogP contribution in [-0.2, 0) is 19.2 Å². The lowest BCUT2D eigenvalue weighted by Gasteiger charge is -2.53. The second-order valence-corrected chi connectivity index (χ2v) is 26.7. The summed E-state index contributed by atoms with van der Waals surface area (Å²) >= 11 is 25.2. The van der Waals surface area contributed by atoms with E-state index in [9.17, 15) is 29.4 Å². The number of quaternary nitrogens is 2. The number of amides is 2. The Morgan fingerprint density at radius 3 is 1.08 bits per heavy atom.